The Morgan fingerprint density at radius 3 is 2.47 bits per heavy atom. The predicted molar refractivity (Wildman–Crippen MR) is 69.3 cm³/mol. The first-order valence-electron chi connectivity index (χ1n) is 5.42. The van der Waals surface area contributed by atoms with Gasteiger partial charge in [-0.1, -0.05) is 36.9 Å². The first kappa shape index (κ1) is 11.5. The van der Waals surface area contributed by atoms with Crippen LogP contribution in [-0.4, -0.2) is 12.2 Å². The monoisotopic (exact) mass is 228 g/mol. The molecular formula is C14H16N2O. The zero-order chi connectivity index (χ0) is 12.4. The predicted octanol–water partition coefficient (Wildman–Crippen LogP) is 2.65. The number of nitrogens with zero attached hydrogens (tertiary/aromatic N) is 1. The summed E-state index contributed by atoms with van der Waals surface area (Å²) >= 11 is 0. The molecule has 0 amide bonds. The second kappa shape index (κ2) is 4.47. The van der Waals surface area contributed by atoms with Gasteiger partial charge in [-0.2, -0.15) is 0 Å². The Kier molecular flexibility index (Phi) is 3.02. The summed E-state index contributed by atoms with van der Waals surface area (Å²) < 4.78 is 0. The van der Waals surface area contributed by atoms with Gasteiger partial charge in [0.25, 0.3) is 0 Å². The molecule has 0 bridgehead atoms. The Morgan fingerprint density at radius 1 is 1.24 bits per heavy atom. The third kappa shape index (κ3) is 1.97. The number of benzene rings is 1. The van der Waals surface area contributed by atoms with Crippen molar-refractivity contribution in [3.8, 4) is 0 Å². The van der Waals surface area contributed by atoms with Crippen LogP contribution in [0.3, 0.4) is 0 Å². The molecule has 3 nitrogen and oxygen atoms in total. The Bertz CT molecular complexity index is 500. The zero-order valence-corrected chi connectivity index (χ0v) is 10.1. The summed E-state index contributed by atoms with van der Waals surface area (Å²) in [5, 5.41) is 1.67. The second-order valence-electron chi connectivity index (χ2n) is 3.92. The van der Waals surface area contributed by atoms with Crippen molar-refractivity contribution >= 4 is 5.70 Å². The minimum atomic E-state index is 0.629. The van der Waals surface area contributed by atoms with Crippen molar-refractivity contribution in [2.45, 2.75) is 6.92 Å². The van der Waals surface area contributed by atoms with Crippen LogP contribution < -0.4 is 5.73 Å². The lowest BCUT2D eigenvalue weighted by Crippen LogP contribution is -2.27. The van der Waals surface area contributed by atoms with E-state index in [4.69, 9.17) is 10.6 Å². The Labute approximate surface area is 101 Å². The van der Waals surface area contributed by atoms with Gasteiger partial charge in [0.05, 0.1) is 24.2 Å². The maximum absolute atomic E-state index is 5.88. The molecule has 2 N–H and O–H groups in total. The minimum absolute atomic E-state index is 0.629. The molecule has 1 aliphatic heterocycles. The van der Waals surface area contributed by atoms with Crippen molar-refractivity contribution in [2.75, 3.05) is 7.11 Å². The third-order valence-electron chi connectivity index (χ3n) is 2.76. The van der Waals surface area contributed by atoms with E-state index in [1.165, 1.54) is 0 Å². The van der Waals surface area contributed by atoms with Crippen molar-refractivity contribution in [1.82, 2.24) is 5.06 Å². The van der Waals surface area contributed by atoms with Gasteiger partial charge >= 0.3 is 0 Å². The molecule has 1 aromatic carbocycles. The summed E-state index contributed by atoms with van der Waals surface area (Å²) in [5.41, 5.74) is 10.3. The highest BCUT2D eigenvalue weighted by Gasteiger charge is 2.22. The molecule has 17 heavy (non-hydrogen) atoms. The van der Waals surface area contributed by atoms with E-state index < -0.39 is 0 Å². The lowest BCUT2D eigenvalue weighted by atomic mass is 10.0. The van der Waals surface area contributed by atoms with Crippen LogP contribution in [-0.2, 0) is 4.84 Å². The van der Waals surface area contributed by atoms with Crippen LogP contribution in [0.1, 0.15) is 12.5 Å². The van der Waals surface area contributed by atoms with Crippen LogP contribution in [0.2, 0.25) is 0 Å². The normalized spacial score (nSPS) is 16.2. The highest BCUT2D eigenvalue weighted by molar-refractivity contribution is 5.72. The van der Waals surface area contributed by atoms with Gasteiger partial charge in [0.15, 0.2) is 0 Å². The van der Waals surface area contributed by atoms with Crippen molar-refractivity contribution in [3.63, 3.8) is 0 Å². The number of rotatable bonds is 2. The van der Waals surface area contributed by atoms with E-state index in [0.717, 1.165) is 16.8 Å². The third-order valence-corrected chi connectivity index (χ3v) is 2.76. The van der Waals surface area contributed by atoms with Gasteiger partial charge in [0.2, 0.25) is 0 Å². The fourth-order valence-electron chi connectivity index (χ4n) is 1.94. The number of hydroxylamine groups is 2. The summed E-state index contributed by atoms with van der Waals surface area (Å²) in [7, 11) is 1.61. The highest BCUT2D eigenvalue weighted by atomic mass is 16.7. The van der Waals surface area contributed by atoms with E-state index in [-0.39, 0.29) is 0 Å². The largest absolute Gasteiger partial charge is 0.397 e. The summed E-state index contributed by atoms with van der Waals surface area (Å²) in [5.74, 6) is 0. The van der Waals surface area contributed by atoms with Crippen LogP contribution in [0, 0.1) is 0 Å². The maximum Gasteiger partial charge on any atom is 0.0853 e. The highest BCUT2D eigenvalue weighted by Crippen LogP contribution is 2.32. The summed E-state index contributed by atoms with van der Waals surface area (Å²) in [4.78, 5) is 5.37. The SMILES string of the molecule is C=C1C(N)=CC(C)=C(c2ccccc2)N1OC. The van der Waals surface area contributed by atoms with E-state index in [1.807, 2.05) is 43.3 Å². The van der Waals surface area contributed by atoms with Crippen molar-refractivity contribution < 1.29 is 4.84 Å². The lowest BCUT2D eigenvalue weighted by Gasteiger charge is -2.31. The topological polar surface area (TPSA) is 38.5 Å². The molecular weight excluding hydrogens is 212 g/mol. The Hall–Kier alpha value is -2.00. The second-order valence-corrected chi connectivity index (χ2v) is 3.92. The molecule has 0 saturated carbocycles. The molecule has 2 rings (SSSR count). The van der Waals surface area contributed by atoms with Crippen molar-refractivity contribution in [2.24, 2.45) is 5.73 Å². The van der Waals surface area contributed by atoms with E-state index in [0.29, 0.717) is 11.4 Å². The first-order valence-corrected chi connectivity index (χ1v) is 5.42. The van der Waals surface area contributed by atoms with Gasteiger partial charge in [0.1, 0.15) is 0 Å². The molecule has 1 aliphatic rings. The van der Waals surface area contributed by atoms with Gasteiger partial charge in [-0.25, -0.2) is 5.06 Å². The summed E-state index contributed by atoms with van der Waals surface area (Å²) in [6.07, 6.45) is 1.92. The summed E-state index contributed by atoms with van der Waals surface area (Å²) in [6.45, 7) is 5.94. The number of hydrogen-bond donors (Lipinski definition) is 1. The molecule has 0 atom stereocenters. The molecule has 3 heteroatoms. The van der Waals surface area contributed by atoms with Gasteiger partial charge in [-0.3, -0.25) is 4.84 Å². The first-order chi connectivity index (χ1) is 8.15. The van der Waals surface area contributed by atoms with Gasteiger partial charge in [-0.05, 0) is 18.6 Å². The van der Waals surface area contributed by atoms with Gasteiger partial charge in [-0.15, -0.1) is 0 Å². The Morgan fingerprint density at radius 2 is 1.88 bits per heavy atom. The molecule has 0 aliphatic carbocycles. The van der Waals surface area contributed by atoms with E-state index in [2.05, 4.69) is 6.58 Å². The van der Waals surface area contributed by atoms with Crippen LogP contribution in [0.15, 0.2) is 60.0 Å². The molecule has 1 aromatic rings. The molecule has 1 heterocycles. The van der Waals surface area contributed by atoms with Crippen LogP contribution in [0.5, 0.6) is 0 Å². The van der Waals surface area contributed by atoms with Crippen LogP contribution in [0.25, 0.3) is 5.70 Å². The fraction of sp³-hybridized carbons (Fsp3) is 0.143. The van der Waals surface area contributed by atoms with Crippen molar-refractivity contribution in [3.05, 3.63) is 65.5 Å². The number of hydrogen-bond acceptors (Lipinski definition) is 3. The van der Waals surface area contributed by atoms with E-state index in [1.54, 1.807) is 12.2 Å². The van der Waals surface area contributed by atoms with E-state index >= 15 is 0 Å². The van der Waals surface area contributed by atoms with E-state index in [9.17, 15) is 0 Å². The quantitative estimate of drug-likeness (QED) is 0.845. The molecule has 0 aromatic heterocycles. The molecule has 88 valence electrons. The van der Waals surface area contributed by atoms with Crippen molar-refractivity contribution in [1.29, 1.82) is 0 Å². The average Bonchev–Trinajstić information content (AvgIpc) is 2.34. The molecule has 0 unspecified atom stereocenters. The van der Waals surface area contributed by atoms with Gasteiger partial charge in [0, 0.05) is 5.56 Å². The number of allylic oxidation sites excluding steroid dienone is 2. The molecule has 0 saturated heterocycles. The standard InChI is InChI=1S/C14H16N2O/c1-10-9-13(15)11(2)16(17-3)14(10)12-7-5-4-6-8-12/h4-9H,2,15H2,1,3H3. The summed E-state index contributed by atoms with van der Waals surface area (Å²) in [6, 6.07) is 10.0. The molecule has 0 radical (unpaired) electrons. The number of nitrogens with two attached hydrogens (primary N) is 1. The minimum Gasteiger partial charge on any atom is -0.397 e. The maximum atomic E-state index is 5.88. The Balaban J connectivity index is 2.56. The zero-order valence-electron chi connectivity index (χ0n) is 10.1. The van der Waals surface area contributed by atoms with Crippen LogP contribution in [0.4, 0.5) is 0 Å². The molecule has 0 spiro atoms. The average molecular weight is 228 g/mol. The smallest absolute Gasteiger partial charge is 0.0853 e. The molecule has 0 fully saturated rings. The fourth-order valence-corrected chi connectivity index (χ4v) is 1.94. The van der Waals surface area contributed by atoms with Gasteiger partial charge < -0.3 is 5.73 Å². The van der Waals surface area contributed by atoms with Crippen LogP contribution >= 0.6 is 0 Å². The lowest BCUT2D eigenvalue weighted by molar-refractivity contribution is -0.0433.